The molecular formula is C5H9N4O-. The first kappa shape index (κ1) is 7.04. The summed E-state index contributed by atoms with van der Waals surface area (Å²) < 4.78 is 0. The van der Waals surface area contributed by atoms with Crippen LogP contribution in [0.15, 0.2) is 16.9 Å². The number of hydrazine groups is 2. The Balaban J connectivity index is 2.85. The second kappa shape index (κ2) is 2.28. The maximum Gasteiger partial charge on any atom is 0.0628 e. The summed E-state index contributed by atoms with van der Waals surface area (Å²) in [4.78, 5) is 0. The minimum absolute atomic E-state index is 0.521. The van der Waals surface area contributed by atoms with Gasteiger partial charge in [0.1, 0.15) is 0 Å². The van der Waals surface area contributed by atoms with Crippen LogP contribution in [0.3, 0.4) is 0 Å². The number of rotatable bonds is 0. The third-order valence-corrected chi connectivity index (χ3v) is 1.17. The normalized spacial score (nSPS) is 18.8. The van der Waals surface area contributed by atoms with Gasteiger partial charge in [-0.3, -0.25) is 0 Å². The molecule has 1 heterocycles. The Kier molecular flexibility index (Phi) is 1.60. The Morgan fingerprint density at radius 3 is 2.70 bits per heavy atom. The van der Waals surface area contributed by atoms with Crippen molar-refractivity contribution in [3.05, 3.63) is 17.0 Å². The fourth-order valence-electron chi connectivity index (χ4n) is 0.750. The van der Waals surface area contributed by atoms with E-state index >= 15 is 0 Å². The number of allylic oxidation sites excluding steroid dienone is 2. The maximum atomic E-state index is 10.8. The van der Waals surface area contributed by atoms with Gasteiger partial charge < -0.3 is 10.4 Å². The lowest BCUT2D eigenvalue weighted by molar-refractivity contribution is 0.0554. The molecule has 0 aliphatic carbocycles. The number of nitrogens with zero attached hydrogens (tertiary/aromatic N) is 3. The average Bonchev–Trinajstić information content (AvgIpc) is 1.82. The van der Waals surface area contributed by atoms with Crippen LogP contribution < -0.4 is 5.84 Å². The predicted octanol–water partition coefficient (Wildman–Crippen LogP) is 0.170. The van der Waals surface area contributed by atoms with Crippen LogP contribution in [0.4, 0.5) is 0 Å². The van der Waals surface area contributed by atoms with E-state index in [1.165, 1.54) is 0 Å². The van der Waals surface area contributed by atoms with Crippen LogP contribution >= 0.6 is 0 Å². The molecule has 0 saturated heterocycles. The lowest BCUT2D eigenvalue weighted by Gasteiger charge is -2.38. The van der Waals surface area contributed by atoms with E-state index in [0.29, 0.717) is 10.9 Å². The van der Waals surface area contributed by atoms with E-state index in [1.807, 2.05) is 0 Å². The molecule has 0 bridgehead atoms. The highest BCUT2D eigenvalue weighted by Crippen LogP contribution is 2.08. The van der Waals surface area contributed by atoms with Crippen LogP contribution in [0.25, 0.3) is 0 Å². The van der Waals surface area contributed by atoms with Crippen molar-refractivity contribution in [2.75, 3.05) is 0 Å². The first-order chi connectivity index (χ1) is 4.61. The van der Waals surface area contributed by atoms with Crippen molar-refractivity contribution in [1.82, 2.24) is 10.4 Å². The topological polar surface area (TPSA) is 67.9 Å². The zero-order chi connectivity index (χ0) is 7.72. The molecule has 0 aromatic heterocycles. The molecule has 1 aliphatic heterocycles. The third-order valence-electron chi connectivity index (χ3n) is 1.17. The summed E-state index contributed by atoms with van der Waals surface area (Å²) in [5.41, 5.74) is 1.27. The van der Waals surface area contributed by atoms with E-state index in [1.54, 1.807) is 19.9 Å². The van der Waals surface area contributed by atoms with Gasteiger partial charge in [-0.05, 0) is 19.9 Å². The zero-order valence-corrected chi connectivity index (χ0v) is 5.90. The summed E-state index contributed by atoms with van der Waals surface area (Å²) in [6, 6.07) is 0. The van der Waals surface area contributed by atoms with Crippen molar-refractivity contribution >= 4 is 5.71 Å². The molecule has 10 heavy (non-hydrogen) atoms. The second-order valence-electron chi connectivity index (χ2n) is 2.12. The first-order valence-corrected chi connectivity index (χ1v) is 2.87. The van der Waals surface area contributed by atoms with Crippen LogP contribution in [0.5, 0.6) is 0 Å². The van der Waals surface area contributed by atoms with E-state index in [4.69, 9.17) is 5.84 Å². The molecule has 56 valence electrons. The number of hydrogen-bond acceptors (Lipinski definition) is 5. The Bertz CT molecular complexity index is 198. The molecule has 0 atom stereocenters. The van der Waals surface area contributed by atoms with Gasteiger partial charge >= 0.3 is 0 Å². The van der Waals surface area contributed by atoms with E-state index in [0.717, 1.165) is 10.9 Å². The SMILES string of the molecule is CC1=CC(C)=NN(N)N1[O-]. The minimum Gasteiger partial charge on any atom is -0.736 e. The summed E-state index contributed by atoms with van der Waals surface area (Å²) in [5, 5.41) is 15.8. The molecule has 1 rings (SSSR count). The van der Waals surface area contributed by atoms with E-state index in [9.17, 15) is 5.21 Å². The molecule has 0 aromatic rings. The number of hydroxylamine groups is 1. The van der Waals surface area contributed by atoms with E-state index in [2.05, 4.69) is 5.10 Å². The van der Waals surface area contributed by atoms with Gasteiger partial charge in [-0.2, -0.15) is 0 Å². The first-order valence-electron chi connectivity index (χ1n) is 2.87. The summed E-state index contributed by atoms with van der Waals surface area (Å²) >= 11 is 0. The van der Waals surface area contributed by atoms with E-state index < -0.39 is 0 Å². The molecular weight excluding hydrogens is 132 g/mol. The van der Waals surface area contributed by atoms with Crippen LogP contribution in [0.2, 0.25) is 0 Å². The van der Waals surface area contributed by atoms with Gasteiger partial charge in [0.05, 0.1) is 5.71 Å². The van der Waals surface area contributed by atoms with Gasteiger partial charge in [0.15, 0.2) is 0 Å². The van der Waals surface area contributed by atoms with Gasteiger partial charge in [0, 0.05) is 5.70 Å². The summed E-state index contributed by atoms with van der Waals surface area (Å²) in [6.45, 7) is 3.45. The molecule has 0 amide bonds. The molecule has 1 aliphatic rings. The van der Waals surface area contributed by atoms with Crippen molar-refractivity contribution < 1.29 is 0 Å². The quantitative estimate of drug-likeness (QED) is 0.488. The second-order valence-corrected chi connectivity index (χ2v) is 2.12. The van der Waals surface area contributed by atoms with Crippen LogP contribution in [-0.4, -0.2) is 16.1 Å². The number of nitrogens with two attached hydrogens (primary N) is 1. The highest BCUT2D eigenvalue weighted by Gasteiger charge is 2.05. The summed E-state index contributed by atoms with van der Waals surface area (Å²) in [7, 11) is 0. The van der Waals surface area contributed by atoms with Crippen molar-refractivity contribution in [3.8, 4) is 0 Å². The van der Waals surface area contributed by atoms with Gasteiger partial charge in [0.2, 0.25) is 0 Å². The summed E-state index contributed by atoms with van der Waals surface area (Å²) in [5.74, 6) is 5.18. The van der Waals surface area contributed by atoms with Gasteiger partial charge in [-0.15, -0.1) is 10.3 Å². The minimum atomic E-state index is 0.521. The van der Waals surface area contributed by atoms with Gasteiger partial charge in [-0.25, -0.2) is 5.84 Å². The van der Waals surface area contributed by atoms with Crippen LogP contribution in [-0.2, 0) is 0 Å². The Morgan fingerprint density at radius 2 is 2.20 bits per heavy atom. The molecule has 0 radical (unpaired) electrons. The average molecular weight is 141 g/mol. The zero-order valence-electron chi connectivity index (χ0n) is 5.90. The summed E-state index contributed by atoms with van der Waals surface area (Å²) in [6.07, 6.45) is 1.66. The van der Waals surface area contributed by atoms with Gasteiger partial charge in [0.25, 0.3) is 0 Å². The van der Waals surface area contributed by atoms with Crippen molar-refractivity contribution in [3.63, 3.8) is 0 Å². The fraction of sp³-hybridized carbons (Fsp3) is 0.400. The lowest BCUT2D eigenvalue weighted by atomic mass is 10.3. The maximum absolute atomic E-state index is 10.8. The molecule has 0 spiro atoms. The third kappa shape index (κ3) is 1.09. The monoisotopic (exact) mass is 141 g/mol. The van der Waals surface area contributed by atoms with Crippen LogP contribution in [0, 0.1) is 5.21 Å². The molecule has 0 unspecified atom stereocenters. The Labute approximate surface area is 58.9 Å². The standard InChI is InChI=1S/C5H9N4O/c1-4-3-5(2)8(10)9(6)7-4/h3H,6H2,1-2H3/q-1. The molecule has 5 heteroatoms. The molecule has 0 saturated carbocycles. The highest BCUT2D eigenvalue weighted by molar-refractivity contribution is 5.93. The number of hydrogen-bond donors (Lipinski definition) is 1. The Hall–Kier alpha value is -1.07. The largest absolute Gasteiger partial charge is 0.736 e. The predicted molar refractivity (Wildman–Crippen MR) is 38.1 cm³/mol. The smallest absolute Gasteiger partial charge is 0.0628 e. The number of hydrazone groups is 1. The molecule has 0 aromatic carbocycles. The lowest BCUT2D eigenvalue weighted by Crippen LogP contribution is -2.41. The van der Waals surface area contributed by atoms with Gasteiger partial charge in [-0.1, -0.05) is 0 Å². The molecule has 0 fully saturated rings. The van der Waals surface area contributed by atoms with Crippen molar-refractivity contribution in [2.24, 2.45) is 10.9 Å². The fourth-order valence-corrected chi connectivity index (χ4v) is 0.750. The molecule has 2 N–H and O–H groups in total. The molecule has 5 nitrogen and oxygen atoms in total. The van der Waals surface area contributed by atoms with E-state index in [-0.39, 0.29) is 0 Å². The highest BCUT2D eigenvalue weighted by atomic mass is 16.6. The van der Waals surface area contributed by atoms with Crippen molar-refractivity contribution in [2.45, 2.75) is 13.8 Å². The van der Waals surface area contributed by atoms with Crippen LogP contribution in [0.1, 0.15) is 13.8 Å². The van der Waals surface area contributed by atoms with Crippen molar-refractivity contribution in [1.29, 1.82) is 0 Å². The Morgan fingerprint density at radius 1 is 1.60 bits per heavy atom.